The molecule has 0 bridgehead atoms. The number of hydrogen-bond acceptors (Lipinski definition) is 3. The maximum atomic E-state index is 12.1. The highest BCUT2D eigenvalue weighted by Gasteiger charge is 2.23. The number of carbonyl (C=O) groups excluding carboxylic acids is 2. The number of halogens is 1. The van der Waals surface area contributed by atoms with E-state index in [0.29, 0.717) is 18.7 Å². The van der Waals surface area contributed by atoms with Crippen molar-refractivity contribution in [2.45, 2.75) is 18.9 Å². The van der Waals surface area contributed by atoms with Crippen molar-refractivity contribution in [2.24, 2.45) is 0 Å². The molecule has 0 unspecified atom stereocenters. The van der Waals surface area contributed by atoms with Crippen LogP contribution < -0.4 is 10.1 Å². The molecule has 0 saturated carbocycles. The lowest BCUT2D eigenvalue weighted by Crippen LogP contribution is -2.46. The second kappa shape index (κ2) is 7.31. The van der Waals surface area contributed by atoms with Crippen LogP contribution >= 0.6 is 11.6 Å². The zero-order valence-electron chi connectivity index (χ0n) is 12.0. The summed E-state index contributed by atoms with van der Waals surface area (Å²) in [5, 5.41) is 3.00. The van der Waals surface area contributed by atoms with E-state index in [1.54, 1.807) is 36.3 Å². The highest BCUT2D eigenvalue weighted by Crippen LogP contribution is 2.14. The molecule has 1 aromatic carbocycles. The van der Waals surface area contributed by atoms with E-state index in [-0.39, 0.29) is 23.7 Å². The zero-order chi connectivity index (χ0) is 15.2. The number of rotatable bonds is 4. The average Bonchev–Trinajstić information content (AvgIpc) is 2.55. The van der Waals surface area contributed by atoms with Crippen molar-refractivity contribution >= 4 is 23.4 Å². The standard InChI is InChI=1S/C15H19ClN2O3/c1-21-13-4-2-11(3-5-13)15(20)17-12-6-8-18(9-7-12)14(19)10-16/h2-5,12H,6-10H2,1H3,(H,17,20). The monoisotopic (exact) mass is 310 g/mol. The molecule has 1 saturated heterocycles. The number of carbonyl (C=O) groups is 2. The minimum Gasteiger partial charge on any atom is -0.497 e. The van der Waals surface area contributed by atoms with Gasteiger partial charge in [-0.25, -0.2) is 0 Å². The van der Waals surface area contributed by atoms with Crippen LogP contribution in [0, 0.1) is 0 Å². The molecule has 1 aromatic rings. The molecular formula is C15H19ClN2O3. The van der Waals surface area contributed by atoms with Gasteiger partial charge < -0.3 is 15.0 Å². The maximum Gasteiger partial charge on any atom is 0.251 e. The third-order valence-electron chi connectivity index (χ3n) is 3.65. The van der Waals surface area contributed by atoms with Crippen LogP contribution in [0.5, 0.6) is 5.75 Å². The molecule has 0 aromatic heterocycles. The Morgan fingerprint density at radius 3 is 2.43 bits per heavy atom. The van der Waals surface area contributed by atoms with Crippen molar-refractivity contribution in [1.29, 1.82) is 0 Å². The van der Waals surface area contributed by atoms with E-state index >= 15 is 0 Å². The van der Waals surface area contributed by atoms with E-state index in [4.69, 9.17) is 16.3 Å². The molecule has 0 atom stereocenters. The van der Waals surface area contributed by atoms with Crippen LogP contribution in [0.4, 0.5) is 0 Å². The van der Waals surface area contributed by atoms with Crippen molar-refractivity contribution < 1.29 is 14.3 Å². The summed E-state index contributed by atoms with van der Waals surface area (Å²) in [6.45, 7) is 1.28. The van der Waals surface area contributed by atoms with Crippen LogP contribution in [-0.4, -0.2) is 48.8 Å². The Kier molecular flexibility index (Phi) is 5.44. The number of methoxy groups -OCH3 is 1. The summed E-state index contributed by atoms with van der Waals surface area (Å²) in [7, 11) is 1.59. The largest absolute Gasteiger partial charge is 0.497 e. The van der Waals surface area contributed by atoms with Gasteiger partial charge in [-0.15, -0.1) is 11.6 Å². The maximum absolute atomic E-state index is 12.1. The van der Waals surface area contributed by atoms with Gasteiger partial charge in [0.15, 0.2) is 0 Å². The lowest BCUT2D eigenvalue weighted by Gasteiger charge is -2.32. The molecule has 2 rings (SSSR count). The third-order valence-corrected chi connectivity index (χ3v) is 3.88. The number of benzene rings is 1. The number of ether oxygens (including phenoxy) is 1. The summed E-state index contributed by atoms with van der Waals surface area (Å²) in [4.78, 5) is 25.3. The van der Waals surface area contributed by atoms with Gasteiger partial charge in [0.25, 0.3) is 5.91 Å². The van der Waals surface area contributed by atoms with Crippen LogP contribution in [0.1, 0.15) is 23.2 Å². The molecule has 0 aliphatic carbocycles. The number of likely N-dealkylation sites (tertiary alicyclic amines) is 1. The lowest BCUT2D eigenvalue weighted by atomic mass is 10.0. The first-order chi connectivity index (χ1) is 10.1. The van der Waals surface area contributed by atoms with Crippen molar-refractivity contribution in [1.82, 2.24) is 10.2 Å². The Morgan fingerprint density at radius 2 is 1.90 bits per heavy atom. The van der Waals surface area contributed by atoms with Gasteiger partial charge in [0.05, 0.1) is 7.11 Å². The Hall–Kier alpha value is -1.75. The molecule has 5 nitrogen and oxygen atoms in total. The minimum absolute atomic E-state index is 0.0167. The minimum atomic E-state index is -0.0974. The third kappa shape index (κ3) is 4.11. The second-order valence-corrected chi connectivity index (χ2v) is 5.26. The molecule has 1 heterocycles. The quantitative estimate of drug-likeness (QED) is 0.860. The van der Waals surface area contributed by atoms with Crippen LogP contribution in [0.15, 0.2) is 24.3 Å². The van der Waals surface area contributed by atoms with Gasteiger partial charge in [-0.05, 0) is 37.1 Å². The van der Waals surface area contributed by atoms with Crippen LogP contribution in [0.3, 0.4) is 0 Å². The molecule has 0 spiro atoms. The van der Waals surface area contributed by atoms with Crippen molar-refractivity contribution in [3.63, 3.8) is 0 Å². The van der Waals surface area contributed by atoms with Gasteiger partial charge in [0, 0.05) is 24.7 Å². The van der Waals surface area contributed by atoms with E-state index in [0.717, 1.165) is 18.6 Å². The number of nitrogens with one attached hydrogen (secondary N) is 1. The van der Waals surface area contributed by atoms with Crippen molar-refractivity contribution in [3.8, 4) is 5.75 Å². The van der Waals surface area contributed by atoms with Crippen LogP contribution in [0.25, 0.3) is 0 Å². The summed E-state index contributed by atoms with van der Waals surface area (Å²) < 4.78 is 5.06. The molecule has 21 heavy (non-hydrogen) atoms. The van der Waals surface area contributed by atoms with E-state index in [2.05, 4.69) is 5.32 Å². The molecule has 2 amide bonds. The van der Waals surface area contributed by atoms with Crippen molar-refractivity contribution in [2.75, 3.05) is 26.1 Å². The Bertz CT molecular complexity index is 496. The van der Waals surface area contributed by atoms with Gasteiger partial charge in [-0.1, -0.05) is 0 Å². The summed E-state index contributed by atoms with van der Waals surface area (Å²) in [5.41, 5.74) is 0.607. The van der Waals surface area contributed by atoms with E-state index in [1.807, 2.05) is 0 Å². The zero-order valence-corrected chi connectivity index (χ0v) is 12.7. The van der Waals surface area contributed by atoms with Crippen LogP contribution in [-0.2, 0) is 4.79 Å². The molecule has 1 aliphatic rings. The summed E-state index contributed by atoms with van der Waals surface area (Å²) in [6.07, 6.45) is 1.51. The average molecular weight is 311 g/mol. The van der Waals surface area contributed by atoms with Gasteiger partial charge in [0.2, 0.25) is 5.91 Å². The van der Waals surface area contributed by atoms with Gasteiger partial charge >= 0.3 is 0 Å². The fourth-order valence-corrected chi connectivity index (χ4v) is 2.54. The normalized spacial score (nSPS) is 15.6. The highest BCUT2D eigenvalue weighted by molar-refractivity contribution is 6.27. The van der Waals surface area contributed by atoms with Gasteiger partial charge in [-0.2, -0.15) is 0 Å². The molecule has 0 radical (unpaired) electrons. The number of nitrogens with zero attached hydrogens (tertiary/aromatic N) is 1. The number of amides is 2. The smallest absolute Gasteiger partial charge is 0.251 e. The molecule has 114 valence electrons. The fraction of sp³-hybridized carbons (Fsp3) is 0.467. The van der Waals surface area contributed by atoms with Gasteiger partial charge in [-0.3, -0.25) is 9.59 Å². The molecule has 1 aliphatic heterocycles. The van der Waals surface area contributed by atoms with Gasteiger partial charge in [0.1, 0.15) is 11.6 Å². The lowest BCUT2D eigenvalue weighted by molar-refractivity contribution is -0.129. The predicted octanol–water partition coefficient (Wildman–Crippen LogP) is 1.65. The molecular weight excluding hydrogens is 292 g/mol. The molecule has 1 N–H and O–H groups in total. The Balaban J connectivity index is 1.85. The summed E-state index contributed by atoms with van der Waals surface area (Å²) >= 11 is 5.54. The predicted molar refractivity (Wildman–Crippen MR) is 80.8 cm³/mol. The van der Waals surface area contributed by atoms with E-state index < -0.39 is 0 Å². The SMILES string of the molecule is COc1ccc(C(=O)NC2CCN(C(=O)CCl)CC2)cc1. The topological polar surface area (TPSA) is 58.6 Å². The molecule has 6 heteroatoms. The second-order valence-electron chi connectivity index (χ2n) is 4.99. The number of alkyl halides is 1. The summed E-state index contributed by atoms with van der Waals surface area (Å²) in [5.74, 6) is 0.596. The first-order valence-corrected chi connectivity index (χ1v) is 7.46. The van der Waals surface area contributed by atoms with Crippen molar-refractivity contribution in [3.05, 3.63) is 29.8 Å². The van der Waals surface area contributed by atoms with Crippen LogP contribution in [0.2, 0.25) is 0 Å². The molecule has 1 fully saturated rings. The Morgan fingerprint density at radius 1 is 1.29 bits per heavy atom. The number of piperidine rings is 1. The van der Waals surface area contributed by atoms with E-state index in [9.17, 15) is 9.59 Å². The number of hydrogen-bond donors (Lipinski definition) is 1. The fourth-order valence-electron chi connectivity index (χ4n) is 2.37. The first kappa shape index (κ1) is 15.6. The Labute approximate surface area is 129 Å². The first-order valence-electron chi connectivity index (χ1n) is 6.92. The van der Waals surface area contributed by atoms with E-state index in [1.165, 1.54) is 0 Å². The highest BCUT2D eigenvalue weighted by atomic mass is 35.5. The summed E-state index contributed by atoms with van der Waals surface area (Å²) in [6, 6.07) is 7.09.